The summed E-state index contributed by atoms with van der Waals surface area (Å²) < 4.78 is 19.1. The number of primary amides is 1. The maximum atomic E-state index is 13.0. The van der Waals surface area contributed by atoms with Gasteiger partial charge >= 0.3 is 12.2 Å². The van der Waals surface area contributed by atoms with E-state index >= 15 is 0 Å². The van der Waals surface area contributed by atoms with Gasteiger partial charge in [0.15, 0.2) is 0 Å². The summed E-state index contributed by atoms with van der Waals surface area (Å²) in [5, 5.41) is 11.5. The lowest BCUT2D eigenvalue weighted by Gasteiger charge is -2.27. The van der Waals surface area contributed by atoms with Gasteiger partial charge in [-0.2, -0.15) is 0 Å². The molecule has 17 heteroatoms. The third-order valence-electron chi connectivity index (χ3n) is 9.52. The Bertz CT molecular complexity index is 2370. The average molecular weight is 981 g/mol. The molecule has 5 aromatic rings. The van der Waals surface area contributed by atoms with E-state index in [4.69, 9.17) is 14.8 Å². The standard InChI is InChI=1S/C38H45N7O5.C3H8.C2H5NO2.C2H6O.4C2H2.CH4O/c1-6-9-35(46)44(14-7-2)20-33-39-18-31(42-33)25-10-12-27-26(15-25)22-50-32-17-28-24(16-29(27)32)11-13-30-37(28)43-34(41-30)21-45(23(4)8-3)36(47)19-40-38(48)49-5;1-3-2;1-5-2(3)4;1-3-2;5*1-2/h10-13,15-18,23H,6-9,14,19-22H2,1-5H3,(H,39,42)(H,40,48)(H,41,43);3H2,1-2H3;1H3,(H2,3,4);1-2H3;4*1-2H;2H,1H3/t23-;;;;;;;;/m0......../s1. The number of aromatic nitrogens is 4. The van der Waals surface area contributed by atoms with Crippen molar-refractivity contribution >= 4 is 45.8 Å². The van der Waals surface area contributed by atoms with Crippen molar-refractivity contribution in [1.82, 2.24) is 35.1 Å². The minimum Gasteiger partial charge on any atom is -0.488 e. The zero-order valence-electron chi connectivity index (χ0n) is 43.5. The predicted octanol–water partition coefficient (Wildman–Crippen LogP) is 8.68. The van der Waals surface area contributed by atoms with Gasteiger partial charge in [0.2, 0.25) is 11.8 Å². The molecule has 6 N–H and O–H groups in total. The van der Waals surface area contributed by atoms with Gasteiger partial charge < -0.3 is 54.9 Å². The first-order valence-electron chi connectivity index (χ1n) is 22.5. The molecule has 0 saturated heterocycles. The topological polar surface area (TPSA) is 227 Å². The normalized spacial score (nSPS) is 10.0. The van der Waals surface area contributed by atoms with Crippen molar-refractivity contribution in [2.75, 3.05) is 48.6 Å². The number of amides is 4. The summed E-state index contributed by atoms with van der Waals surface area (Å²) in [6.45, 7) is 14.1. The van der Waals surface area contributed by atoms with Crippen LogP contribution in [0.2, 0.25) is 0 Å². The third kappa shape index (κ3) is 21.9. The molecule has 1 atom stereocenters. The molecule has 1 aliphatic rings. The van der Waals surface area contributed by atoms with Crippen molar-refractivity contribution in [2.24, 2.45) is 5.73 Å². The SMILES string of the molecule is C#C.C#C.C#C.C#C.CCC.CCCC(=O)N(CCC)Cc1ncc(-c2ccc3c(c2)COc2cc4c(ccc5[nH]c(CN(C(=O)CNC(=O)OC)[C@@H](C)CC)nc54)cc2-3)[nH]1.CO.COC.COC(N)=O. The molecular weight excluding hydrogens is 905 g/mol. The molecule has 1 aliphatic heterocycles. The number of carbonyl (C=O) groups excluding carboxylic acids is 4. The number of nitrogens with zero attached hydrogens (tertiary/aromatic N) is 4. The summed E-state index contributed by atoms with van der Waals surface area (Å²) in [4.78, 5) is 66.5. The number of carbonyl (C=O) groups is 4. The number of aliphatic hydroxyl groups is 1. The van der Waals surface area contributed by atoms with Gasteiger partial charge in [-0.1, -0.05) is 59.2 Å². The van der Waals surface area contributed by atoms with Crippen LogP contribution in [0.1, 0.15) is 90.9 Å². The number of aliphatic hydroxyl groups excluding tert-OH is 1. The number of aromatic amines is 2. The molecule has 6 rings (SSSR count). The van der Waals surface area contributed by atoms with Crippen molar-refractivity contribution in [3.8, 4) is 79.5 Å². The fourth-order valence-electron chi connectivity index (χ4n) is 6.48. The molecule has 0 aliphatic carbocycles. The fourth-order valence-corrected chi connectivity index (χ4v) is 6.48. The summed E-state index contributed by atoms with van der Waals surface area (Å²) >= 11 is 0. The van der Waals surface area contributed by atoms with E-state index in [9.17, 15) is 19.2 Å². The Morgan fingerprint density at radius 2 is 1.42 bits per heavy atom. The van der Waals surface area contributed by atoms with Crippen LogP contribution in [-0.2, 0) is 43.5 Å². The highest BCUT2D eigenvalue weighted by molar-refractivity contribution is 6.07. The highest BCUT2D eigenvalue weighted by Gasteiger charge is 2.24. The number of methoxy groups -OCH3 is 3. The zero-order valence-corrected chi connectivity index (χ0v) is 43.5. The van der Waals surface area contributed by atoms with Crippen LogP contribution >= 0.6 is 0 Å². The van der Waals surface area contributed by atoms with Gasteiger partial charge in [0.05, 0.1) is 50.2 Å². The van der Waals surface area contributed by atoms with Crippen LogP contribution in [0.25, 0.3) is 44.2 Å². The van der Waals surface area contributed by atoms with Gasteiger partial charge in [-0.05, 0) is 72.5 Å². The number of imidazole rings is 2. The van der Waals surface area contributed by atoms with E-state index in [-0.39, 0.29) is 30.9 Å². The molecule has 3 aromatic carbocycles. The second-order valence-corrected chi connectivity index (χ2v) is 14.4. The van der Waals surface area contributed by atoms with Crippen molar-refractivity contribution in [3.63, 3.8) is 0 Å². The second kappa shape index (κ2) is 40.0. The molecule has 0 fully saturated rings. The summed E-state index contributed by atoms with van der Waals surface area (Å²) in [5.41, 5.74) is 11.2. The largest absolute Gasteiger partial charge is 0.488 e. The van der Waals surface area contributed by atoms with Gasteiger partial charge in [-0.15, -0.1) is 51.4 Å². The minimum absolute atomic E-state index is 0.0550. The highest BCUT2D eigenvalue weighted by atomic mass is 16.5. The summed E-state index contributed by atoms with van der Waals surface area (Å²) in [5.74, 6) is 2.15. The van der Waals surface area contributed by atoms with Gasteiger partial charge in [-0.25, -0.2) is 19.6 Å². The molecule has 0 saturated carbocycles. The molecule has 71 heavy (non-hydrogen) atoms. The minimum atomic E-state index is -0.745. The quantitative estimate of drug-likeness (QED) is 0.0701. The zero-order chi connectivity index (χ0) is 55.1. The number of H-pyrrole nitrogens is 2. The average Bonchev–Trinajstić information content (AvgIpc) is 4.07. The monoisotopic (exact) mass is 981 g/mol. The van der Waals surface area contributed by atoms with Crippen LogP contribution < -0.4 is 15.8 Å². The molecule has 386 valence electrons. The third-order valence-corrected chi connectivity index (χ3v) is 9.52. The first kappa shape index (κ1) is 67.3. The van der Waals surface area contributed by atoms with Crippen LogP contribution in [0.5, 0.6) is 5.75 Å². The number of alkyl carbamates (subject to hydrolysis) is 1. The number of fused-ring (bicyclic) bond motifs is 6. The summed E-state index contributed by atoms with van der Waals surface area (Å²) in [6, 6.07) is 14.6. The Balaban J connectivity index is -0.00000191. The lowest BCUT2D eigenvalue weighted by molar-refractivity contribution is -0.133. The van der Waals surface area contributed by atoms with E-state index in [1.54, 1.807) is 19.1 Å². The molecule has 2 aromatic heterocycles. The van der Waals surface area contributed by atoms with Crippen molar-refractivity contribution in [2.45, 2.75) is 99.4 Å². The van der Waals surface area contributed by atoms with Crippen LogP contribution in [-0.4, -0.2) is 114 Å². The van der Waals surface area contributed by atoms with E-state index in [0.29, 0.717) is 31.9 Å². The number of benzene rings is 3. The number of rotatable bonds is 13. The Hall–Kier alpha value is -7.96. The Morgan fingerprint density at radius 1 is 0.817 bits per heavy atom. The molecule has 0 radical (unpaired) electrons. The molecular formula is C54H76N8O9. The highest BCUT2D eigenvalue weighted by Crippen LogP contribution is 2.42. The van der Waals surface area contributed by atoms with Crippen molar-refractivity contribution in [1.29, 1.82) is 0 Å². The summed E-state index contributed by atoms with van der Waals surface area (Å²) in [6.07, 6.45) is 36.7. The fraction of sp³-hybridized carbons (Fsp3) is 0.407. The number of nitrogens with one attached hydrogen (secondary N) is 3. The van der Waals surface area contributed by atoms with Crippen LogP contribution in [0.3, 0.4) is 0 Å². The van der Waals surface area contributed by atoms with E-state index < -0.39 is 12.2 Å². The van der Waals surface area contributed by atoms with Gasteiger partial charge in [0.25, 0.3) is 0 Å². The Morgan fingerprint density at radius 3 is 1.96 bits per heavy atom. The lowest BCUT2D eigenvalue weighted by Crippen LogP contribution is -2.44. The van der Waals surface area contributed by atoms with Crippen molar-refractivity contribution in [3.05, 3.63) is 65.9 Å². The van der Waals surface area contributed by atoms with Crippen LogP contribution in [0, 0.1) is 51.4 Å². The lowest BCUT2D eigenvalue weighted by atomic mass is 9.92. The summed E-state index contributed by atoms with van der Waals surface area (Å²) in [7, 11) is 6.74. The van der Waals surface area contributed by atoms with E-state index in [1.165, 1.54) is 20.6 Å². The van der Waals surface area contributed by atoms with Crippen molar-refractivity contribution < 1.29 is 43.2 Å². The van der Waals surface area contributed by atoms with Gasteiger partial charge in [0.1, 0.15) is 30.5 Å². The number of ether oxygens (including phenoxy) is 4. The maximum absolute atomic E-state index is 13.0. The smallest absolute Gasteiger partial charge is 0.407 e. The Kier molecular flexibility index (Phi) is 37.9. The number of hydrogen-bond acceptors (Lipinski definition) is 11. The number of nitrogens with two attached hydrogens (primary N) is 1. The second-order valence-electron chi connectivity index (χ2n) is 14.4. The Labute approximate surface area is 422 Å². The predicted molar refractivity (Wildman–Crippen MR) is 285 cm³/mol. The van der Waals surface area contributed by atoms with E-state index in [1.807, 2.05) is 37.9 Å². The molecule has 17 nitrogen and oxygen atoms in total. The molecule has 0 unspecified atom stereocenters. The van der Waals surface area contributed by atoms with E-state index in [0.717, 1.165) is 87.7 Å². The van der Waals surface area contributed by atoms with Gasteiger partial charge in [0, 0.05) is 51.3 Å². The molecule has 0 bridgehead atoms. The molecule has 3 heterocycles. The van der Waals surface area contributed by atoms with Crippen LogP contribution in [0.4, 0.5) is 9.59 Å². The molecule has 0 spiro atoms. The first-order valence-corrected chi connectivity index (χ1v) is 22.5. The maximum Gasteiger partial charge on any atom is 0.407 e. The van der Waals surface area contributed by atoms with Crippen LogP contribution in [0.15, 0.2) is 48.7 Å². The number of hydrogen-bond donors (Lipinski definition) is 5. The number of terminal acetylenes is 4. The van der Waals surface area contributed by atoms with E-state index in [2.05, 4.69) is 149 Å². The molecule has 4 amide bonds. The first-order chi connectivity index (χ1) is 34.3. The van der Waals surface area contributed by atoms with Gasteiger partial charge in [-0.3, -0.25) is 9.59 Å².